The summed E-state index contributed by atoms with van der Waals surface area (Å²) in [7, 11) is -11.7. The van der Waals surface area contributed by atoms with Crippen LogP contribution in [0.3, 0.4) is 0 Å². The quantitative estimate of drug-likeness (QED) is 0.0324. The number of carbonyl (C=O) groups excluding carboxylic acids is 6. The van der Waals surface area contributed by atoms with E-state index in [1.807, 2.05) is 20.8 Å². The molecule has 75 heavy (non-hydrogen) atoms. The zero-order valence-corrected chi connectivity index (χ0v) is 44.7. The van der Waals surface area contributed by atoms with Crippen molar-refractivity contribution in [1.82, 2.24) is 37.2 Å². The molecule has 0 aliphatic carbocycles. The lowest BCUT2D eigenvalue weighted by Crippen LogP contribution is -2.62. The molecule has 13 N–H and O–H groups in total. The Bertz CT molecular complexity index is 2420. The number of amides is 6. The fourth-order valence-corrected chi connectivity index (χ4v) is 8.39. The van der Waals surface area contributed by atoms with Crippen LogP contribution in [0.1, 0.15) is 90.4 Å². The number of ether oxygens (including phenoxy) is 3. The molecule has 0 bridgehead atoms. The van der Waals surface area contributed by atoms with Crippen molar-refractivity contribution in [3.63, 3.8) is 0 Å². The van der Waals surface area contributed by atoms with Gasteiger partial charge in [-0.05, 0) is 113 Å². The van der Waals surface area contributed by atoms with Crippen LogP contribution in [0.4, 0.5) is 0 Å². The third-order valence-corrected chi connectivity index (χ3v) is 13.2. The van der Waals surface area contributed by atoms with E-state index in [0.717, 1.165) is 0 Å². The standard InChI is InChI=1S/C47H70N10O15S3/c1-46(2,3)57-47(31-70-28-19-40(58)51-22-4-25-54-43(61)34-7-13-37(14-8-34)73(48,64)65,32-71-29-20-41(59)52-23-5-26-55-44(62)35-9-15-38(16-10-35)74(49,66)67)33-72-30-21-42(60)53-24-6-27-56-45(63)36-11-17-39(18-12-36)75(50,68)69/h7-18,57H,4-6,19-33H2,1-3H3,(H,51,58)(H,52,59)(H,53,60)(H,54,61)(H,55,62)(H,56,63)(H2,48,64,65)(H2,49,66,67)(H2,50,68,69). The Balaban J connectivity index is 1.47. The molecule has 3 rings (SSSR count). The van der Waals surface area contributed by atoms with Crippen LogP contribution >= 0.6 is 0 Å². The smallest absolute Gasteiger partial charge is 0.251 e. The van der Waals surface area contributed by atoms with Gasteiger partial charge in [0.2, 0.25) is 47.8 Å². The fourth-order valence-electron chi connectivity index (χ4n) is 6.84. The second-order valence-corrected chi connectivity index (χ2v) is 22.8. The Morgan fingerprint density at radius 2 is 0.653 bits per heavy atom. The molecule has 0 unspecified atom stereocenters. The SMILES string of the molecule is CC(C)(C)NC(COCCC(=O)NCCCNC(=O)c1ccc(S(N)(=O)=O)cc1)(COCCC(=O)NCCCNC(=O)c1ccc(S(N)(=O)=O)cc1)COCCC(=O)NCCCNC(=O)c1ccc(S(N)(=O)=O)cc1. The maximum absolute atomic E-state index is 12.7. The van der Waals surface area contributed by atoms with Crippen molar-refractivity contribution in [1.29, 1.82) is 0 Å². The van der Waals surface area contributed by atoms with Crippen molar-refractivity contribution in [2.45, 2.75) is 85.1 Å². The van der Waals surface area contributed by atoms with Gasteiger partial charge in [-0.25, -0.2) is 40.7 Å². The normalized spacial score (nSPS) is 12.1. The zero-order valence-electron chi connectivity index (χ0n) is 42.2. The summed E-state index contributed by atoms with van der Waals surface area (Å²) in [6, 6.07) is 15.4. The van der Waals surface area contributed by atoms with Crippen LogP contribution in [0.5, 0.6) is 0 Å². The number of nitrogens with two attached hydrogens (primary N) is 3. The Morgan fingerprint density at radius 1 is 0.413 bits per heavy atom. The van der Waals surface area contributed by atoms with Gasteiger partial charge in [-0.15, -0.1) is 0 Å². The highest BCUT2D eigenvalue weighted by Gasteiger charge is 2.35. The van der Waals surface area contributed by atoms with E-state index in [1.165, 1.54) is 72.8 Å². The summed E-state index contributed by atoms with van der Waals surface area (Å²) in [4.78, 5) is 75.0. The number of carbonyl (C=O) groups is 6. The number of benzene rings is 3. The van der Waals surface area contributed by atoms with Crippen molar-refractivity contribution in [2.24, 2.45) is 15.4 Å². The van der Waals surface area contributed by atoms with Crippen molar-refractivity contribution in [2.75, 3.05) is 78.9 Å². The summed E-state index contributed by atoms with van der Waals surface area (Å²) >= 11 is 0. The van der Waals surface area contributed by atoms with Crippen LogP contribution < -0.4 is 52.6 Å². The molecule has 0 saturated carbocycles. The molecule has 0 aromatic heterocycles. The minimum Gasteiger partial charge on any atom is -0.379 e. The van der Waals surface area contributed by atoms with Crippen LogP contribution in [0.25, 0.3) is 0 Å². The lowest BCUT2D eigenvalue weighted by atomic mass is 9.97. The number of hydrogen-bond acceptors (Lipinski definition) is 16. The van der Waals surface area contributed by atoms with Gasteiger partial charge in [0.15, 0.2) is 0 Å². The first-order chi connectivity index (χ1) is 35.2. The predicted molar refractivity (Wildman–Crippen MR) is 275 cm³/mol. The molecule has 0 saturated heterocycles. The Hall–Kier alpha value is -5.95. The average Bonchev–Trinajstić information content (AvgIpc) is 3.34. The second kappa shape index (κ2) is 30.6. The highest BCUT2D eigenvalue weighted by Crippen LogP contribution is 2.16. The Labute approximate surface area is 438 Å². The lowest BCUT2D eigenvalue weighted by Gasteiger charge is -2.40. The largest absolute Gasteiger partial charge is 0.379 e. The number of rotatable bonds is 34. The summed E-state index contributed by atoms with van der Waals surface area (Å²) in [5.41, 5.74) is -0.845. The number of primary sulfonamides is 3. The molecule has 0 atom stereocenters. The molecule has 3 aromatic rings. The van der Waals surface area contributed by atoms with Gasteiger partial charge in [-0.3, -0.25) is 28.8 Å². The molecule has 6 amide bonds. The summed E-state index contributed by atoms with van der Waals surface area (Å²) < 4.78 is 86.9. The van der Waals surface area contributed by atoms with Crippen LogP contribution in [0.2, 0.25) is 0 Å². The Morgan fingerprint density at radius 3 is 0.880 bits per heavy atom. The van der Waals surface area contributed by atoms with Crippen LogP contribution in [-0.4, -0.2) is 151 Å². The molecule has 3 aromatic carbocycles. The molecule has 25 nitrogen and oxygen atoms in total. The van der Waals surface area contributed by atoms with Crippen LogP contribution in [-0.2, 0) is 58.7 Å². The van der Waals surface area contributed by atoms with Gasteiger partial charge in [-0.2, -0.15) is 0 Å². The summed E-state index contributed by atoms with van der Waals surface area (Å²) in [5.74, 6) is -2.20. The van der Waals surface area contributed by atoms with Crippen molar-refractivity contribution in [3.05, 3.63) is 89.5 Å². The van der Waals surface area contributed by atoms with Crippen molar-refractivity contribution >= 4 is 65.5 Å². The van der Waals surface area contributed by atoms with E-state index < -0.39 is 58.9 Å². The highest BCUT2D eigenvalue weighted by atomic mass is 32.2. The molecular weight excluding hydrogens is 1040 g/mol. The third-order valence-electron chi connectivity index (χ3n) is 10.4. The fraction of sp³-hybridized carbons (Fsp3) is 0.489. The third kappa shape index (κ3) is 25.4. The van der Waals surface area contributed by atoms with E-state index >= 15 is 0 Å². The first-order valence-corrected chi connectivity index (χ1v) is 28.4. The van der Waals surface area contributed by atoms with Gasteiger partial charge in [-0.1, -0.05) is 0 Å². The number of hydrogen-bond donors (Lipinski definition) is 10. The van der Waals surface area contributed by atoms with E-state index in [2.05, 4.69) is 37.2 Å². The molecule has 0 heterocycles. The van der Waals surface area contributed by atoms with Crippen LogP contribution in [0, 0.1) is 0 Å². The molecule has 0 aliphatic heterocycles. The first-order valence-electron chi connectivity index (χ1n) is 23.7. The van der Waals surface area contributed by atoms with E-state index in [0.29, 0.717) is 19.3 Å². The van der Waals surface area contributed by atoms with Gasteiger partial charge >= 0.3 is 0 Å². The first kappa shape index (κ1) is 63.3. The van der Waals surface area contributed by atoms with Crippen molar-refractivity contribution < 1.29 is 68.2 Å². The number of nitrogens with one attached hydrogen (secondary N) is 7. The minimum atomic E-state index is -3.90. The van der Waals surface area contributed by atoms with Gasteiger partial charge in [0, 0.05) is 80.8 Å². The summed E-state index contributed by atoms with van der Waals surface area (Å²) in [5, 5.41) is 35.2. The molecule has 0 radical (unpaired) electrons. The Kier molecular flexibility index (Phi) is 25.8. The highest BCUT2D eigenvalue weighted by molar-refractivity contribution is 7.89. The molecular formula is C47H70N10O15S3. The average molecular weight is 1110 g/mol. The summed E-state index contributed by atoms with van der Waals surface area (Å²) in [6.45, 7) is 7.18. The maximum Gasteiger partial charge on any atom is 0.251 e. The number of sulfonamides is 3. The van der Waals surface area contributed by atoms with Crippen molar-refractivity contribution in [3.8, 4) is 0 Å². The van der Waals surface area contributed by atoms with E-state index in [1.54, 1.807) is 0 Å². The maximum atomic E-state index is 12.7. The zero-order chi connectivity index (χ0) is 55.7. The molecule has 0 aliphatic rings. The molecule has 0 fully saturated rings. The van der Waals surface area contributed by atoms with Gasteiger partial charge in [0.25, 0.3) is 17.7 Å². The topological polar surface area (TPSA) is 395 Å². The molecule has 0 spiro atoms. The lowest BCUT2D eigenvalue weighted by molar-refractivity contribution is -0.122. The van der Waals surface area contributed by atoms with Crippen LogP contribution in [0.15, 0.2) is 87.5 Å². The van der Waals surface area contributed by atoms with Gasteiger partial charge in [0.05, 0.1) is 59.9 Å². The monoisotopic (exact) mass is 1110 g/mol. The van der Waals surface area contributed by atoms with Gasteiger partial charge in [0.1, 0.15) is 0 Å². The van der Waals surface area contributed by atoms with E-state index in [9.17, 15) is 54.0 Å². The van der Waals surface area contributed by atoms with E-state index in [4.69, 9.17) is 29.6 Å². The second-order valence-electron chi connectivity index (χ2n) is 18.1. The molecule has 28 heteroatoms. The summed E-state index contributed by atoms with van der Waals surface area (Å²) in [6.07, 6.45) is 1.19. The van der Waals surface area contributed by atoms with Gasteiger partial charge < -0.3 is 51.4 Å². The minimum absolute atomic E-state index is 0.00611. The molecule has 416 valence electrons. The van der Waals surface area contributed by atoms with E-state index in [-0.39, 0.29) is 147 Å². The predicted octanol–water partition coefficient (Wildman–Crippen LogP) is -0.916.